The van der Waals surface area contributed by atoms with Crippen LogP contribution in [0.2, 0.25) is 0 Å². The van der Waals surface area contributed by atoms with E-state index in [9.17, 15) is 9.18 Å². The summed E-state index contributed by atoms with van der Waals surface area (Å²) < 4.78 is 13.4. The summed E-state index contributed by atoms with van der Waals surface area (Å²) in [6.45, 7) is 4.04. The highest BCUT2D eigenvalue weighted by Gasteiger charge is 2.13. The number of hydrogen-bond acceptors (Lipinski definition) is 1. The van der Waals surface area contributed by atoms with Gasteiger partial charge in [0.25, 0.3) is 5.91 Å². The Hall–Kier alpha value is -0.910. The molecule has 1 rings (SSSR count). The van der Waals surface area contributed by atoms with Crippen molar-refractivity contribution in [3.63, 3.8) is 0 Å². The van der Waals surface area contributed by atoms with Crippen LogP contribution in [0, 0.1) is 9.39 Å². The average molecular weight is 319 g/mol. The van der Waals surface area contributed by atoms with Crippen LogP contribution in [0.4, 0.5) is 4.39 Å². The van der Waals surface area contributed by atoms with Crippen LogP contribution in [-0.4, -0.2) is 24.4 Å². The van der Waals surface area contributed by atoms with Gasteiger partial charge < -0.3 is 4.90 Å². The molecule has 0 saturated heterocycles. The second-order valence-corrected chi connectivity index (χ2v) is 4.26. The van der Waals surface area contributed by atoms with E-state index in [4.69, 9.17) is 0 Å². The van der Waals surface area contributed by atoms with Gasteiger partial charge in [-0.3, -0.25) is 4.79 Å². The lowest BCUT2D eigenvalue weighted by Gasteiger charge is -2.15. The van der Waals surface area contributed by atoms with Crippen LogP contribution in [-0.2, 0) is 0 Å². The first-order chi connectivity index (χ1) is 7.06. The fourth-order valence-electron chi connectivity index (χ4n) is 1.15. The third-order valence-corrected chi connectivity index (χ3v) is 2.80. The first-order valence-electron chi connectivity index (χ1n) is 4.37. The van der Waals surface area contributed by atoms with E-state index in [1.54, 1.807) is 13.1 Å². The fourth-order valence-corrected chi connectivity index (χ4v) is 1.85. The lowest BCUT2D eigenvalue weighted by molar-refractivity contribution is 0.0809. The second-order valence-electron chi connectivity index (χ2n) is 3.10. The number of amides is 1. The zero-order valence-corrected chi connectivity index (χ0v) is 10.5. The minimum absolute atomic E-state index is 0.126. The van der Waals surface area contributed by atoms with Crippen molar-refractivity contribution >= 4 is 28.5 Å². The molecule has 1 aromatic rings. The molecule has 80 valence electrons. The van der Waals surface area contributed by atoms with Crippen LogP contribution in [0.25, 0.3) is 0 Å². The SMILES string of the molecule is C=CCN(C)C(=O)c1ccc(F)cc1I. The Morgan fingerprint density at radius 2 is 2.33 bits per heavy atom. The topological polar surface area (TPSA) is 20.3 Å². The van der Waals surface area contributed by atoms with E-state index in [-0.39, 0.29) is 11.7 Å². The number of rotatable bonds is 3. The Labute approximate surface area is 102 Å². The summed E-state index contributed by atoms with van der Waals surface area (Å²) in [5.74, 6) is -0.457. The molecule has 0 heterocycles. The highest BCUT2D eigenvalue weighted by Crippen LogP contribution is 2.15. The summed E-state index contributed by atoms with van der Waals surface area (Å²) in [5.41, 5.74) is 0.515. The van der Waals surface area contributed by atoms with E-state index in [0.717, 1.165) is 0 Å². The summed E-state index contributed by atoms with van der Waals surface area (Å²) in [5, 5.41) is 0. The summed E-state index contributed by atoms with van der Waals surface area (Å²) in [6, 6.07) is 4.13. The summed E-state index contributed by atoms with van der Waals surface area (Å²) >= 11 is 1.95. The molecule has 0 spiro atoms. The first-order valence-corrected chi connectivity index (χ1v) is 5.45. The van der Waals surface area contributed by atoms with Crippen LogP contribution < -0.4 is 0 Å². The molecule has 0 atom stereocenters. The summed E-state index contributed by atoms with van der Waals surface area (Å²) in [7, 11) is 1.68. The molecule has 1 amide bonds. The molecule has 15 heavy (non-hydrogen) atoms. The Balaban J connectivity index is 2.96. The fraction of sp³-hybridized carbons (Fsp3) is 0.182. The lowest BCUT2D eigenvalue weighted by Crippen LogP contribution is -2.27. The molecule has 2 nitrogen and oxygen atoms in total. The Morgan fingerprint density at radius 3 is 2.87 bits per heavy atom. The monoisotopic (exact) mass is 319 g/mol. The van der Waals surface area contributed by atoms with Crippen LogP contribution in [0.3, 0.4) is 0 Å². The van der Waals surface area contributed by atoms with Crippen LogP contribution in [0.15, 0.2) is 30.9 Å². The molecular weight excluding hydrogens is 308 g/mol. The van der Waals surface area contributed by atoms with Gasteiger partial charge in [0.05, 0.1) is 5.56 Å². The average Bonchev–Trinajstić information content (AvgIpc) is 2.17. The van der Waals surface area contributed by atoms with Gasteiger partial charge >= 0.3 is 0 Å². The highest BCUT2D eigenvalue weighted by molar-refractivity contribution is 14.1. The molecule has 0 aliphatic heterocycles. The van der Waals surface area contributed by atoms with E-state index < -0.39 is 0 Å². The Kier molecular flexibility index (Phi) is 4.26. The molecule has 0 fully saturated rings. The van der Waals surface area contributed by atoms with Gasteiger partial charge in [-0.15, -0.1) is 6.58 Å². The predicted molar refractivity (Wildman–Crippen MR) is 66.3 cm³/mol. The number of likely N-dealkylation sites (N-methyl/N-ethyl adjacent to an activating group) is 1. The van der Waals surface area contributed by atoms with E-state index in [1.807, 2.05) is 22.6 Å². The van der Waals surface area contributed by atoms with E-state index in [1.165, 1.54) is 23.1 Å². The third-order valence-electron chi connectivity index (χ3n) is 1.91. The number of carbonyl (C=O) groups excluding carboxylic acids is 1. The smallest absolute Gasteiger partial charge is 0.254 e. The molecule has 0 radical (unpaired) electrons. The lowest BCUT2D eigenvalue weighted by atomic mass is 10.2. The number of carbonyl (C=O) groups is 1. The zero-order valence-electron chi connectivity index (χ0n) is 8.34. The normalized spacial score (nSPS) is 9.80. The molecule has 0 aromatic heterocycles. The van der Waals surface area contributed by atoms with Crippen LogP contribution in [0.5, 0.6) is 0 Å². The van der Waals surface area contributed by atoms with Crippen LogP contribution in [0.1, 0.15) is 10.4 Å². The third kappa shape index (κ3) is 3.02. The second kappa shape index (κ2) is 5.25. The van der Waals surface area contributed by atoms with Gasteiger partial charge in [0.1, 0.15) is 5.82 Å². The van der Waals surface area contributed by atoms with Crippen molar-refractivity contribution in [2.24, 2.45) is 0 Å². The van der Waals surface area contributed by atoms with Crippen molar-refractivity contribution in [3.8, 4) is 0 Å². The summed E-state index contributed by atoms with van der Waals surface area (Å²) in [6.07, 6.45) is 1.65. The van der Waals surface area contributed by atoms with Crippen molar-refractivity contribution in [1.29, 1.82) is 0 Å². The predicted octanol–water partition coefficient (Wildman–Crippen LogP) is 2.69. The molecule has 0 saturated carbocycles. The zero-order chi connectivity index (χ0) is 11.4. The van der Waals surface area contributed by atoms with Crippen molar-refractivity contribution in [1.82, 2.24) is 4.90 Å². The van der Waals surface area contributed by atoms with Gasteiger partial charge in [-0.25, -0.2) is 4.39 Å². The van der Waals surface area contributed by atoms with Crippen molar-refractivity contribution < 1.29 is 9.18 Å². The summed E-state index contributed by atoms with van der Waals surface area (Å²) in [4.78, 5) is 13.3. The number of hydrogen-bond donors (Lipinski definition) is 0. The molecule has 0 N–H and O–H groups in total. The van der Waals surface area contributed by atoms with E-state index in [0.29, 0.717) is 15.7 Å². The quantitative estimate of drug-likeness (QED) is 0.620. The van der Waals surface area contributed by atoms with Gasteiger partial charge in [0.2, 0.25) is 0 Å². The van der Waals surface area contributed by atoms with E-state index in [2.05, 4.69) is 6.58 Å². The molecule has 0 aliphatic carbocycles. The standard InChI is InChI=1S/C11H11FINO/c1-3-6-14(2)11(15)9-5-4-8(12)7-10(9)13/h3-5,7H,1,6H2,2H3. The highest BCUT2D eigenvalue weighted by atomic mass is 127. The number of halogens is 2. The van der Waals surface area contributed by atoms with Gasteiger partial charge in [-0.2, -0.15) is 0 Å². The van der Waals surface area contributed by atoms with Gasteiger partial charge in [0, 0.05) is 17.2 Å². The number of benzene rings is 1. The van der Waals surface area contributed by atoms with Crippen molar-refractivity contribution in [2.45, 2.75) is 0 Å². The first kappa shape index (κ1) is 12.2. The van der Waals surface area contributed by atoms with Gasteiger partial charge in [0.15, 0.2) is 0 Å². The maximum atomic E-state index is 12.8. The van der Waals surface area contributed by atoms with Gasteiger partial charge in [-0.05, 0) is 40.8 Å². The number of nitrogens with zero attached hydrogens (tertiary/aromatic N) is 1. The molecular formula is C11H11FINO. The van der Waals surface area contributed by atoms with Crippen LogP contribution >= 0.6 is 22.6 Å². The Morgan fingerprint density at radius 1 is 1.67 bits per heavy atom. The molecule has 0 unspecified atom stereocenters. The molecule has 1 aromatic carbocycles. The van der Waals surface area contributed by atoms with E-state index >= 15 is 0 Å². The maximum absolute atomic E-state index is 12.8. The largest absolute Gasteiger partial charge is 0.338 e. The minimum Gasteiger partial charge on any atom is -0.338 e. The van der Waals surface area contributed by atoms with Gasteiger partial charge in [-0.1, -0.05) is 6.08 Å². The Bertz CT molecular complexity index is 392. The molecule has 0 aliphatic rings. The van der Waals surface area contributed by atoms with Crippen molar-refractivity contribution in [3.05, 3.63) is 45.8 Å². The molecule has 4 heteroatoms. The minimum atomic E-state index is -0.331. The molecule has 0 bridgehead atoms. The maximum Gasteiger partial charge on any atom is 0.254 e. The van der Waals surface area contributed by atoms with Crippen molar-refractivity contribution in [2.75, 3.05) is 13.6 Å².